The van der Waals surface area contributed by atoms with Gasteiger partial charge in [0.1, 0.15) is 0 Å². The standard InChI is InChI=1S/C10H19N/c1-9-5-6-11(7-9)8-10(2,3)4/h1,5-8H2,2-4H3. The summed E-state index contributed by atoms with van der Waals surface area (Å²) < 4.78 is 0. The molecule has 1 nitrogen and oxygen atoms in total. The molecule has 11 heavy (non-hydrogen) atoms. The fourth-order valence-electron chi connectivity index (χ4n) is 1.60. The molecule has 0 atom stereocenters. The van der Waals surface area contributed by atoms with Crippen LogP contribution in [0.1, 0.15) is 27.2 Å². The SMILES string of the molecule is C=C1CCN(CC(C)(C)C)C1. The van der Waals surface area contributed by atoms with Gasteiger partial charge in [-0.25, -0.2) is 0 Å². The van der Waals surface area contributed by atoms with Crippen LogP contribution in [-0.2, 0) is 0 Å². The minimum absolute atomic E-state index is 0.435. The van der Waals surface area contributed by atoms with Gasteiger partial charge in [0.2, 0.25) is 0 Å². The first-order valence-electron chi connectivity index (χ1n) is 4.36. The van der Waals surface area contributed by atoms with Crippen molar-refractivity contribution >= 4 is 0 Å². The van der Waals surface area contributed by atoms with Crippen molar-refractivity contribution < 1.29 is 0 Å². The Bertz CT molecular complexity index is 153. The van der Waals surface area contributed by atoms with Crippen molar-refractivity contribution in [3.63, 3.8) is 0 Å². The van der Waals surface area contributed by atoms with E-state index in [2.05, 4.69) is 32.3 Å². The van der Waals surface area contributed by atoms with Gasteiger partial charge in [-0.3, -0.25) is 4.90 Å². The summed E-state index contributed by atoms with van der Waals surface area (Å²) in [6.45, 7) is 14.4. The Kier molecular flexibility index (Phi) is 2.38. The second kappa shape index (κ2) is 2.98. The van der Waals surface area contributed by atoms with Gasteiger partial charge in [0.25, 0.3) is 0 Å². The van der Waals surface area contributed by atoms with Crippen molar-refractivity contribution in [3.05, 3.63) is 12.2 Å². The molecular weight excluding hydrogens is 134 g/mol. The van der Waals surface area contributed by atoms with E-state index in [1.165, 1.54) is 25.1 Å². The topological polar surface area (TPSA) is 3.24 Å². The first-order chi connectivity index (χ1) is 4.97. The predicted octanol–water partition coefficient (Wildman–Crippen LogP) is 2.29. The van der Waals surface area contributed by atoms with Gasteiger partial charge in [-0.05, 0) is 11.8 Å². The van der Waals surface area contributed by atoms with Crippen LogP contribution in [0.15, 0.2) is 12.2 Å². The molecular formula is C10H19N. The fourth-order valence-corrected chi connectivity index (χ4v) is 1.60. The van der Waals surface area contributed by atoms with Crippen LogP contribution in [-0.4, -0.2) is 24.5 Å². The zero-order valence-electron chi connectivity index (χ0n) is 7.98. The average molecular weight is 153 g/mol. The number of nitrogens with zero attached hydrogens (tertiary/aromatic N) is 1. The monoisotopic (exact) mass is 153 g/mol. The molecule has 0 radical (unpaired) electrons. The van der Waals surface area contributed by atoms with E-state index in [-0.39, 0.29) is 0 Å². The van der Waals surface area contributed by atoms with Gasteiger partial charge in [-0.1, -0.05) is 32.9 Å². The van der Waals surface area contributed by atoms with E-state index in [1.807, 2.05) is 0 Å². The van der Waals surface area contributed by atoms with Gasteiger partial charge >= 0.3 is 0 Å². The third kappa shape index (κ3) is 3.06. The molecule has 1 rings (SSSR count). The molecule has 0 N–H and O–H groups in total. The molecule has 0 aromatic carbocycles. The molecule has 0 spiro atoms. The first kappa shape index (κ1) is 8.79. The van der Waals surface area contributed by atoms with Crippen molar-refractivity contribution in [1.29, 1.82) is 0 Å². The molecule has 64 valence electrons. The normalized spacial score (nSPS) is 21.2. The van der Waals surface area contributed by atoms with Crippen molar-refractivity contribution in [2.24, 2.45) is 5.41 Å². The van der Waals surface area contributed by atoms with E-state index < -0.39 is 0 Å². The smallest absolute Gasteiger partial charge is 0.0191 e. The van der Waals surface area contributed by atoms with Crippen molar-refractivity contribution in [1.82, 2.24) is 4.90 Å². The van der Waals surface area contributed by atoms with E-state index in [9.17, 15) is 0 Å². The minimum Gasteiger partial charge on any atom is -0.299 e. The summed E-state index contributed by atoms with van der Waals surface area (Å²) in [7, 11) is 0. The first-order valence-corrected chi connectivity index (χ1v) is 4.36. The van der Waals surface area contributed by atoms with E-state index in [0.29, 0.717) is 5.41 Å². The summed E-state index contributed by atoms with van der Waals surface area (Å²) in [5, 5.41) is 0. The molecule has 1 saturated heterocycles. The third-order valence-electron chi connectivity index (χ3n) is 1.93. The summed E-state index contributed by atoms with van der Waals surface area (Å²) in [6, 6.07) is 0. The van der Waals surface area contributed by atoms with Gasteiger partial charge in [0.15, 0.2) is 0 Å². The second-order valence-corrected chi connectivity index (χ2v) is 4.77. The maximum atomic E-state index is 3.99. The van der Waals surface area contributed by atoms with E-state index in [0.717, 1.165) is 6.54 Å². The van der Waals surface area contributed by atoms with Gasteiger partial charge in [-0.2, -0.15) is 0 Å². The van der Waals surface area contributed by atoms with Crippen LogP contribution in [0, 0.1) is 5.41 Å². The van der Waals surface area contributed by atoms with Crippen LogP contribution in [0.5, 0.6) is 0 Å². The lowest BCUT2D eigenvalue weighted by Crippen LogP contribution is -2.30. The Morgan fingerprint density at radius 3 is 2.45 bits per heavy atom. The largest absolute Gasteiger partial charge is 0.299 e. The van der Waals surface area contributed by atoms with Crippen LogP contribution < -0.4 is 0 Å². The lowest BCUT2D eigenvalue weighted by Gasteiger charge is -2.25. The molecule has 1 fully saturated rings. The molecule has 0 saturated carbocycles. The van der Waals surface area contributed by atoms with Crippen LogP contribution in [0.3, 0.4) is 0 Å². The van der Waals surface area contributed by atoms with Gasteiger partial charge in [0, 0.05) is 19.6 Å². The molecule has 1 aliphatic heterocycles. The number of hydrogen-bond acceptors (Lipinski definition) is 1. The highest BCUT2D eigenvalue weighted by Crippen LogP contribution is 2.20. The molecule has 0 aliphatic carbocycles. The highest BCUT2D eigenvalue weighted by atomic mass is 15.1. The summed E-state index contributed by atoms with van der Waals surface area (Å²) in [6.07, 6.45) is 1.20. The van der Waals surface area contributed by atoms with E-state index in [4.69, 9.17) is 0 Å². The lowest BCUT2D eigenvalue weighted by atomic mass is 9.96. The Balaban J connectivity index is 2.34. The van der Waals surface area contributed by atoms with E-state index in [1.54, 1.807) is 0 Å². The van der Waals surface area contributed by atoms with Crippen LogP contribution in [0.4, 0.5) is 0 Å². The quantitative estimate of drug-likeness (QED) is 0.522. The van der Waals surface area contributed by atoms with Crippen LogP contribution >= 0.6 is 0 Å². The Morgan fingerprint density at radius 2 is 2.09 bits per heavy atom. The molecule has 0 aromatic heterocycles. The maximum Gasteiger partial charge on any atom is 0.0191 e. The highest BCUT2D eigenvalue weighted by molar-refractivity contribution is 5.03. The zero-order chi connectivity index (χ0) is 8.48. The molecule has 0 amide bonds. The zero-order valence-corrected chi connectivity index (χ0v) is 7.98. The van der Waals surface area contributed by atoms with Gasteiger partial charge in [0.05, 0.1) is 0 Å². The predicted molar refractivity (Wildman–Crippen MR) is 49.7 cm³/mol. The highest BCUT2D eigenvalue weighted by Gasteiger charge is 2.20. The summed E-state index contributed by atoms with van der Waals surface area (Å²) in [5.74, 6) is 0. The van der Waals surface area contributed by atoms with Gasteiger partial charge < -0.3 is 0 Å². The maximum absolute atomic E-state index is 3.99. The third-order valence-corrected chi connectivity index (χ3v) is 1.93. The average Bonchev–Trinajstić information content (AvgIpc) is 2.10. The lowest BCUT2D eigenvalue weighted by molar-refractivity contribution is 0.231. The summed E-state index contributed by atoms with van der Waals surface area (Å²) >= 11 is 0. The minimum atomic E-state index is 0.435. The summed E-state index contributed by atoms with van der Waals surface area (Å²) in [4.78, 5) is 2.49. The molecule has 1 aliphatic rings. The number of likely N-dealkylation sites (tertiary alicyclic amines) is 1. The number of rotatable bonds is 1. The second-order valence-electron chi connectivity index (χ2n) is 4.77. The van der Waals surface area contributed by atoms with Crippen LogP contribution in [0.25, 0.3) is 0 Å². The molecule has 1 heteroatoms. The van der Waals surface area contributed by atoms with Gasteiger partial charge in [-0.15, -0.1) is 0 Å². The molecule has 0 aromatic rings. The Labute approximate surface area is 70.1 Å². The molecule has 1 heterocycles. The van der Waals surface area contributed by atoms with Crippen molar-refractivity contribution in [2.75, 3.05) is 19.6 Å². The fraction of sp³-hybridized carbons (Fsp3) is 0.800. The van der Waals surface area contributed by atoms with Crippen LogP contribution in [0.2, 0.25) is 0 Å². The Morgan fingerprint density at radius 1 is 1.45 bits per heavy atom. The molecule has 0 unspecified atom stereocenters. The molecule has 0 bridgehead atoms. The summed E-state index contributed by atoms with van der Waals surface area (Å²) in [5.41, 5.74) is 1.83. The van der Waals surface area contributed by atoms with Crippen molar-refractivity contribution in [2.45, 2.75) is 27.2 Å². The van der Waals surface area contributed by atoms with E-state index >= 15 is 0 Å². The van der Waals surface area contributed by atoms with Crippen molar-refractivity contribution in [3.8, 4) is 0 Å². The number of hydrogen-bond donors (Lipinski definition) is 0. The Hall–Kier alpha value is -0.300.